The van der Waals surface area contributed by atoms with Crippen LogP contribution in [-0.4, -0.2) is 76.3 Å². The van der Waals surface area contributed by atoms with Gasteiger partial charge < -0.3 is 14.5 Å². The van der Waals surface area contributed by atoms with Crippen LogP contribution < -0.4 is 4.74 Å². The number of piperidine rings is 1. The number of likely N-dealkylation sites (tertiary alicyclic amines) is 1. The highest BCUT2D eigenvalue weighted by Crippen LogP contribution is 2.27. The zero-order valence-corrected chi connectivity index (χ0v) is 19.3. The molecule has 0 bridgehead atoms. The summed E-state index contributed by atoms with van der Waals surface area (Å²) in [6, 6.07) is 8.05. The summed E-state index contributed by atoms with van der Waals surface area (Å²) in [5.74, 6) is -1.48. The standard InChI is InChI=1S/C24H26FN5O4/c1-28(2)24(33)21(31)22-27-26-20-13-19(34-3)18(14-30(20)22)23(32)29-10-8-16(9-11-29)12-15-4-6-17(25)7-5-15/h4-7,13-14,16H,8-12H2,1-3H3. The van der Waals surface area contributed by atoms with Gasteiger partial charge in [0.05, 0.1) is 12.7 Å². The first kappa shape index (κ1) is 23.3. The lowest BCUT2D eigenvalue weighted by Crippen LogP contribution is -2.39. The molecule has 178 valence electrons. The number of ether oxygens (including phenoxy) is 1. The number of carbonyl (C=O) groups is 3. The second kappa shape index (κ2) is 9.58. The van der Waals surface area contributed by atoms with Gasteiger partial charge in [-0.25, -0.2) is 4.39 Å². The second-order valence-electron chi connectivity index (χ2n) is 8.60. The number of nitrogens with zero attached hydrogens (tertiary/aromatic N) is 5. The van der Waals surface area contributed by atoms with Crippen molar-refractivity contribution < 1.29 is 23.5 Å². The Morgan fingerprint density at radius 1 is 1.12 bits per heavy atom. The molecule has 9 nitrogen and oxygen atoms in total. The molecule has 0 saturated carbocycles. The van der Waals surface area contributed by atoms with Gasteiger partial charge in [0.25, 0.3) is 17.6 Å². The number of amides is 2. The molecule has 0 unspecified atom stereocenters. The van der Waals surface area contributed by atoms with Crippen LogP contribution in [0, 0.1) is 11.7 Å². The summed E-state index contributed by atoms with van der Waals surface area (Å²) in [5.41, 5.74) is 1.63. The molecule has 1 saturated heterocycles. The lowest BCUT2D eigenvalue weighted by atomic mass is 9.90. The fourth-order valence-corrected chi connectivity index (χ4v) is 4.16. The summed E-state index contributed by atoms with van der Waals surface area (Å²) >= 11 is 0. The Labute approximate surface area is 196 Å². The van der Waals surface area contributed by atoms with E-state index >= 15 is 0 Å². The SMILES string of the molecule is COc1cc2nnc(C(=O)C(=O)N(C)C)n2cc1C(=O)N1CCC(Cc2ccc(F)cc2)CC1. The number of Topliss-reactive ketones (excluding diaryl/α,β-unsaturated/α-hetero) is 1. The molecular weight excluding hydrogens is 441 g/mol. The average Bonchev–Trinajstić information content (AvgIpc) is 3.26. The molecule has 0 aliphatic carbocycles. The molecule has 0 N–H and O–H groups in total. The molecule has 0 spiro atoms. The van der Waals surface area contributed by atoms with Gasteiger partial charge in [0.15, 0.2) is 5.65 Å². The number of rotatable bonds is 6. The molecule has 2 aromatic heterocycles. The highest BCUT2D eigenvalue weighted by molar-refractivity contribution is 6.41. The van der Waals surface area contributed by atoms with E-state index in [-0.39, 0.29) is 23.1 Å². The lowest BCUT2D eigenvalue weighted by molar-refractivity contribution is -0.124. The van der Waals surface area contributed by atoms with Crippen LogP contribution in [0.1, 0.15) is 39.4 Å². The summed E-state index contributed by atoms with van der Waals surface area (Å²) in [6.07, 6.45) is 3.93. The van der Waals surface area contributed by atoms with Crippen molar-refractivity contribution in [1.29, 1.82) is 0 Å². The van der Waals surface area contributed by atoms with Gasteiger partial charge in [-0.3, -0.25) is 18.8 Å². The highest BCUT2D eigenvalue weighted by atomic mass is 19.1. The minimum absolute atomic E-state index is 0.164. The van der Waals surface area contributed by atoms with Crippen LogP contribution in [0.3, 0.4) is 0 Å². The van der Waals surface area contributed by atoms with Gasteiger partial charge in [0, 0.05) is 39.4 Å². The topological polar surface area (TPSA) is 97.1 Å². The number of carbonyl (C=O) groups excluding carboxylic acids is 3. The first-order chi connectivity index (χ1) is 16.3. The summed E-state index contributed by atoms with van der Waals surface area (Å²) in [7, 11) is 4.40. The maximum atomic E-state index is 13.4. The van der Waals surface area contributed by atoms with Crippen molar-refractivity contribution in [1.82, 2.24) is 24.4 Å². The molecule has 10 heteroatoms. The first-order valence-electron chi connectivity index (χ1n) is 11.0. The molecule has 0 atom stereocenters. The molecule has 1 fully saturated rings. The smallest absolute Gasteiger partial charge is 0.297 e. The van der Waals surface area contributed by atoms with E-state index in [4.69, 9.17) is 4.74 Å². The number of likely N-dealkylation sites (N-methyl/N-ethyl adjacent to an activating group) is 1. The molecule has 3 aromatic rings. The molecule has 1 aliphatic rings. The molecule has 34 heavy (non-hydrogen) atoms. The molecule has 1 aliphatic heterocycles. The number of methoxy groups -OCH3 is 1. The van der Waals surface area contributed by atoms with Crippen LogP contribution in [-0.2, 0) is 11.2 Å². The van der Waals surface area contributed by atoms with Crippen molar-refractivity contribution in [3.05, 3.63) is 59.3 Å². The number of ketones is 1. The predicted molar refractivity (Wildman–Crippen MR) is 121 cm³/mol. The van der Waals surface area contributed by atoms with Crippen LogP contribution in [0.25, 0.3) is 5.65 Å². The third-order valence-electron chi connectivity index (χ3n) is 6.10. The van der Waals surface area contributed by atoms with Crippen molar-refractivity contribution in [2.75, 3.05) is 34.3 Å². The van der Waals surface area contributed by atoms with Gasteiger partial charge in [0.1, 0.15) is 11.6 Å². The summed E-state index contributed by atoms with van der Waals surface area (Å²) in [4.78, 5) is 40.9. The Hall–Kier alpha value is -3.82. The zero-order valence-electron chi connectivity index (χ0n) is 19.3. The minimum Gasteiger partial charge on any atom is -0.496 e. The Morgan fingerprint density at radius 3 is 2.41 bits per heavy atom. The second-order valence-corrected chi connectivity index (χ2v) is 8.60. The number of halogens is 1. The molecule has 3 heterocycles. The van der Waals surface area contributed by atoms with Crippen molar-refractivity contribution in [3.8, 4) is 5.75 Å². The van der Waals surface area contributed by atoms with E-state index in [1.807, 2.05) is 0 Å². The number of fused-ring (bicyclic) bond motifs is 1. The monoisotopic (exact) mass is 467 g/mol. The van der Waals surface area contributed by atoms with Gasteiger partial charge in [-0.1, -0.05) is 12.1 Å². The van der Waals surface area contributed by atoms with Crippen LogP contribution in [0.4, 0.5) is 4.39 Å². The summed E-state index contributed by atoms with van der Waals surface area (Å²) < 4.78 is 19.9. The largest absolute Gasteiger partial charge is 0.496 e. The van der Waals surface area contributed by atoms with E-state index in [0.717, 1.165) is 29.7 Å². The van der Waals surface area contributed by atoms with Crippen molar-refractivity contribution in [3.63, 3.8) is 0 Å². The fraction of sp³-hybridized carbons (Fsp3) is 0.375. The maximum Gasteiger partial charge on any atom is 0.297 e. The number of benzene rings is 1. The number of hydrogen-bond donors (Lipinski definition) is 0. The van der Waals surface area contributed by atoms with E-state index in [2.05, 4.69) is 10.2 Å². The normalized spacial score (nSPS) is 14.3. The lowest BCUT2D eigenvalue weighted by Gasteiger charge is -2.32. The van der Waals surface area contributed by atoms with Crippen LogP contribution in [0.2, 0.25) is 0 Å². The van der Waals surface area contributed by atoms with E-state index in [1.165, 1.54) is 50.0 Å². The summed E-state index contributed by atoms with van der Waals surface area (Å²) in [5, 5.41) is 7.81. The Bertz CT molecular complexity index is 1230. The van der Waals surface area contributed by atoms with Crippen molar-refractivity contribution in [2.45, 2.75) is 19.3 Å². The Balaban J connectivity index is 1.52. The van der Waals surface area contributed by atoms with Gasteiger partial charge in [-0.05, 0) is 42.9 Å². The van der Waals surface area contributed by atoms with E-state index in [1.54, 1.807) is 17.0 Å². The highest BCUT2D eigenvalue weighted by Gasteiger charge is 2.29. The van der Waals surface area contributed by atoms with Gasteiger partial charge in [-0.15, -0.1) is 10.2 Å². The van der Waals surface area contributed by atoms with Gasteiger partial charge in [0.2, 0.25) is 5.82 Å². The molecule has 1 aromatic carbocycles. The number of hydrogen-bond acceptors (Lipinski definition) is 6. The minimum atomic E-state index is -0.817. The summed E-state index contributed by atoms with van der Waals surface area (Å²) in [6.45, 7) is 1.14. The van der Waals surface area contributed by atoms with Crippen LogP contribution in [0.15, 0.2) is 36.5 Å². The Kier molecular flexibility index (Phi) is 6.58. The van der Waals surface area contributed by atoms with Crippen LogP contribution in [0.5, 0.6) is 5.75 Å². The van der Waals surface area contributed by atoms with Crippen molar-refractivity contribution >= 4 is 23.2 Å². The van der Waals surface area contributed by atoms with Gasteiger partial charge in [-0.2, -0.15) is 0 Å². The predicted octanol–water partition coefficient (Wildman–Crippen LogP) is 2.24. The fourth-order valence-electron chi connectivity index (χ4n) is 4.16. The van der Waals surface area contributed by atoms with Crippen molar-refractivity contribution in [2.24, 2.45) is 5.92 Å². The third-order valence-corrected chi connectivity index (χ3v) is 6.10. The van der Waals surface area contributed by atoms with E-state index < -0.39 is 11.7 Å². The van der Waals surface area contributed by atoms with E-state index in [9.17, 15) is 18.8 Å². The number of aromatic nitrogens is 3. The third kappa shape index (κ3) is 4.61. The molecule has 4 rings (SSSR count). The van der Waals surface area contributed by atoms with Crippen LogP contribution >= 0.6 is 0 Å². The van der Waals surface area contributed by atoms with Gasteiger partial charge >= 0.3 is 0 Å². The van der Waals surface area contributed by atoms with E-state index in [0.29, 0.717) is 30.4 Å². The molecular formula is C24H26FN5O4. The molecule has 2 amide bonds. The molecule has 0 radical (unpaired) electrons. The maximum absolute atomic E-state index is 13.4. The first-order valence-corrected chi connectivity index (χ1v) is 11.0. The average molecular weight is 468 g/mol. The zero-order chi connectivity index (χ0) is 24.4. The quantitative estimate of drug-likeness (QED) is 0.408. The Morgan fingerprint density at radius 2 is 1.79 bits per heavy atom. The number of pyridine rings is 1.